The van der Waals surface area contributed by atoms with Gasteiger partial charge in [0.05, 0.1) is 6.10 Å². The van der Waals surface area contributed by atoms with Gasteiger partial charge in [-0.1, -0.05) is 60.7 Å². The van der Waals surface area contributed by atoms with Gasteiger partial charge in [-0.05, 0) is 65.6 Å². The number of aliphatic hydroxyl groups is 1. The highest BCUT2D eigenvalue weighted by atomic mass is 19.2. The van der Waals surface area contributed by atoms with Gasteiger partial charge in [-0.2, -0.15) is 0 Å². The monoisotopic (exact) mass is 630 g/mol. The summed E-state index contributed by atoms with van der Waals surface area (Å²) in [6, 6.07) is 21.6. The van der Waals surface area contributed by atoms with Gasteiger partial charge < -0.3 is 26.0 Å². The van der Waals surface area contributed by atoms with Crippen molar-refractivity contribution in [2.24, 2.45) is 5.73 Å². The third-order valence-electron chi connectivity index (χ3n) is 8.01. The quantitative estimate of drug-likeness (QED) is 0.205. The Morgan fingerprint density at radius 1 is 0.826 bits per heavy atom. The molecule has 0 radical (unpaired) electrons. The number of benzene rings is 4. The molecule has 0 fully saturated rings. The molecule has 0 saturated carbocycles. The van der Waals surface area contributed by atoms with E-state index >= 15 is 0 Å². The second-order valence-electron chi connectivity index (χ2n) is 11.4. The fourth-order valence-electron chi connectivity index (χ4n) is 5.48. The first kappa shape index (κ1) is 34.2. The second-order valence-corrected chi connectivity index (χ2v) is 11.4. The molecule has 242 valence electrons. The summed E-state index contributed by atoms with van der Waals surface area (Å²) in [6.07, 6.45) is -0.833. The first-order valence-corrected chi connectivity index (χ1v) is 15.3. The van der Waals surface area contributed by atoms with Crippen LogP contribution in [0.1, 0.15) is 40.9 Å². The first-order chi connectivity index (χ1) is 22.0. The van der Waals surface area contributed by atoms with E-state index < -0.39 is 47.5 Å². The Morgan fingerprint density at radius 2 is 1.50 bits per heavy atom. The van der Waals surface area contributed by atoms with Gasteiger partial charge in [-0.15, -0.1) is 0 Å². The SMILES string of the molecule is CCN(C(=O)[C@@H](Cc1ccc2ccccc2c1)N(C)C(=O)c1cccc(CN)c1)[C@H](Cc1ccc(F)c(F)c1)C(=O)NC[C@@H](C)O. The molecule has 0 spiro atoms. The Labute approximate surface area is 267 Å². The molecule has 0 heterocycles. The van der Waals surface area contributed by atoms with Crippen molar-refractivity contribution in [2.45, 2.75) is 51.4 Å². The van der Waals surface area contributed by atoms with Gasteiger partial charge in [0.1, 0.15) is 12.1 Å². The summed E-state index contributed by atoms with van der Waals surface area (Å²) in [5.74, 6) is -3.58. The number of hydrogen-bond acceptors (Lipinski definition) is 5. The van der Waals surface area contributed by atoms with E-state index in [1.54, 1.807) is 32.2 Å². The lowest BCUT2D eigenvalue weighted by Gasteiger charge is -2.36. The van der Waals surface area contributed by atoms with Crippen LogP contribution in [-0.2, 0) is 29.0 Å². The number of carbonyl (C=O) groups excluding carboxylic acids is 3. The molecule has 0 saturated heterocycles. The summed E-state index contributed by atoms with van der Waals surface area (Å²) in [5, 5.41) is 14.5. The van der Waals surface area contributed by atoms with E-state index in [0.717, 1.165) is 34.0 Å². The van der Waals surface area contributed by atoms with Crippen molar-refractivity contribution in [1.82, 2.24) is 15.1 Å². The molecule has 0 aliphatic heterocycles. The molecular formula is C36H40F2N4O4. The number of nitrogens with zero attached hydrogens (tertiary/aromatic N) is 2. The zero-order valence-electron chi connectivity index (χ0n) is 26.3. The van der Waals surface area contributed by atoms with E-state index in [0.29, 0.717) is 11.1 Å². The minimum absolute atomic E-state index is 0.0742. The summed E-state index contributed by atoms with van der Waals surface area (Å²) in [7, 11) is 1.55. The molecule has 4 aromatic carbocycles. The van der Waals surface area contributed by atoms with Gasteiger partial charge in [0.15, 0.2) is 11.6 Å². The predicted octanol–water partition coefficient (Wildman–Crippen LogP) is 4.22. The number of halogens is 2. The van der Waals surface area contributed by atoms with E-state index in [9.17, 15) is 28.3 Å². The van der Waals surface area contributed by atoms with E-state index in [1.807, 2.05) is 48.5 Å². The molecule has 4 N–H and O–H groups in total. The maximum Gasteiger partial charge on any atom is 0.254 e. The molecule has 0 bridgehead atoms. The van der Waals surface area contributed by atoms with Crippen LogP contribution >= 0.6 is 0 Å². The summed E-state index contributed by atoms with van der Waals surface area (Å²) in [5.41, 5.74) is 8.03. The second kappa shape index (κ2) is 15.6. The predicted molar refractivity (Wildman–Crippen MR) is 174 cm³/mol. The molecule has 0 aromatic heterocycles. The number of amides is 3. The normalized spacial score (nSPS) is 13.1. The van der Waals surface area contributed by atoms with Crippen LogP contribution < -0.4 is 11.1 Å². The Hall–Kier alpha value is -4.67. The Morgan fingerprint density at radius 3 is 2.17 bits per heavy atom. The van der Waals surface area contributed by atoms with Crippen LogP contribution in [0.3, 0.4) is 0 Å². The number of likely N-dealkylation sites (N-methyl/N-ethyl adjacent to an activating group) is 2. The topological polar surface area (TPSA) is 116 Å². The first-order valence-electron chi connectivity index (χ1n) is 15.3. The standard InChI is InChI=1S/C36H40F2N4O4/c1-4-42(32(34(44)40-22-23(2)43)19-25-13-15-30(37)31(38)18-25)36(46)33(20-24-12-14-27-9-5-6-10-28(27)16-24)41(3)35(45)29-11-7-8-26(17-29)21-39/h5-18,23,32-33,43H,4,19-22,39H2,1-3H3,(H,40,44)/t23-,32-,33-/m1/s1. The molecule has 10 heteroatoms. The largest absolute Gasteiger partial charge is 0.392 e. The average Bonchev–Trinajstić information content (AvgIpc) is 3.06. The van der Waals surface area contributed by atoms with Gasteiger partial charge in [0.2, 0.25) is 11.8 Å². The van der Waals surface area contributed by atoms with E-state index in [4.69, 9.17) is 5.73 Å². The fraction of sp³-hybridized carbons (Fsp3) is 0.306. The van der Waals surface area contributed by atoms with Crippen molar-refractivity contribution in [3.63, 3.8) is 0 Å². The van der Waals surface area contributed by atoms with Gasteiger partial charge >= 0.3 is 0 Å². The molecule has 0 aliphatic rings. The van der Waals surface area contributed by atoms with Crippen LogP contribution in [0.25, 0.3) is 10.8 Å². The third kappa shape index (κ3) is 8.32. The van der Waals surface area contributed by atoms with Crippen LogP contribution in [0, 0.1) is 11.6 Å². The van der Waals surface area contributed by atoms with Crippen LogP contribution in [0.4, 0.5) is 8.78 Å². The molecular weight excluding hydrogens is 590 g/mol. The Bertz CT molecular complexity index is 1700. The van der Waals surface area contributed by atoms with Crippen LogP contribution in [0.5, 0.6) is 0 Å². The Kier molecular flexibility index (Phi) is 11.6. The van der Waals surface area contributed by atoms with Gasteiger partial charge in [0.25, 0.3) is 5.91 Å². The highest BCUT2D eigenvalue weighted by Crippen LogP contribution is 2.22. The third-order valence-corrected chi connectivity index (χ3v) is 8.01. The summed E-state index contributed by atoms with van der Waals surface area (Å²) in [6.45, 7) is 3.45. The van der Waals surface area contributed by atoms with E-state index in [-0.39, 0.29) is 32.5 Å². The van der Waals surface area contributed by atoms with Gasteiger partial charge in [-0.3, -0.25) is 14.4 Å². The highest BCUT2D eigenvalue weighted by Gasteiger charge is 2.37. The molecule has 0 unspecified atom stereocenters. The zero-order valence-corrected chi connectivity index (χ0v) is 26.3. The number of nitrogens with one attached hydrogen (secondary N) is 1. The number of fused-ring (bicyclic) bond motifs is 1. The number of nitrogens with two attached hydrogens (primary N) is 1. The maximum atomic E-state index is 14.6. The zero-order chi connectivity index (χ0) is 33.4. The van der Waals surface area contributed by atoms with Crippen molar-refractivity contribution in [3.05, 3.63) is 119 Å². The molecule has 4 aromatic rings. The molecule has 0 aliphatic carbocycles. The number of aliphatic hydroxyl groups excluding tert-OH is 1. The highest BCUT2D eigenvalue weighted by molar-refractivity contribution is 5.98. The van der Waals surface area contributed by atoms with Crippen LogP contribution in [-0.4, -0.2) is 71.0 Å². The molecule has 8 nitrogen and oxygen atoms in total. The lowest BCUT2D eigenvalue weighted by atomic mass is 9.97. The van der Waals surface area contributed by atoms with Crippen molar-refractivity contribution in [3.8, 4) is 0 Å². The van der Waals surface area contributed by atoms with E-state index in [1.165, 1.54) is 22.8 Å². The van der Waals surface area contributed by atoms with Crippen molar-refractivity contribution in [1.29, 1.82) is 0 Å². The van der Waals surface area contributed by atoms with E-state index in [2.05, 4.69) is 5.32 Å². The van der Waals surface area contributed by atoms with Gasteiger partial charge in [-0.25, -0.2) is 8.78 Å². The average molecular weight is 631 g/mol. The number of rotatable bonds is 13. The fourth-order valence-corrected chi connectivity index (χ4v) is 5.48. The minimum Gasteiger partial charge on any atom is -0.392 e. The summed E-state index contributed by atoms with van der Waals surface area (Å²) < 4.78 is 27.9. The molecule has 3 amide bonds. The molecule has 4 rings (SSSR count). The molecule has 3 atom stereocenters. The smallest absolute Gasteiger partial charge is 0.254 e. The maximum absolute atomic E-state index is 14.6. The lowest BCUT2D eigenvalue weighted by molar-refractivity contribution is -0.143. The lowest BCUT2D eigenvalue weighted by Crippen LogP contribution is -2.57. The van der Waals surface area contributed by atoms with Crippen molar-refractivity contribution >= 4 is 28.5 Å². The molecule has 46 heavy (non-hydrogen) atoms. The van der Waals surface area contributed by atoms with Gasteiger partial charge in [0, 0.05) is 45.1 Å². The van der Waals surface area contributed by atoms with Crippen LogP contribution in [0.2, 0.25) is 0 Å². The van der Waals surface area contributed by atoms with Crippen LogP contribution in [0.15, 0.2) is 84.9 Å². The van der Waals surface area contributed by atoms with Crippen molar-refractivity contribution < 1.29 is 28.3 Å². The number of carbonyl (C=O) groups is 3. The number of hydrogen-bond donors (Lipinski definition) is 3. The summed E-state index contributed by atoms with van der Waals surface area (Å²) >= 11 is 0. The summed E-state index contributed by atoms with van der Waals surface area (Å²) in [4.78, 5) is 44.7. The Balaban J connectivity index is 1.75. The minimum atomic E-state index is -1.15. The van der Waals surface area contributed by atoms with Crippen molar-refractivity contribution in [2.75, 3.05) is 20.1 Å².